The van der Waals surface area contributed by atoms with Crippen LogP contribution in [-0.4, -0.2) is 27.0 Å². The fourth-order valence-electron chi connectivity index (χ4n) is 1.65. The molecule has 5 nitrogen and oxygen atoms in total. The molecule has 2 rings (SSSR count). The van der Waals surface area contributed by atoms with Crippen molar-refractivity contribution in [3.63, 3.8) is 0 Å². The number of ether oxygens (including phenoxy) is 1. The van der Waals surface area contributed by atoms with Crippen molar-refractivity contribution in [2.24, 2.45) is 7.05 Å². The van der Waals surface area contributed by atoms with Gasteiger partial charge in [-0.05, 0) is 6.07 Å². The first-order valence-corrected chi connectivity index (χ1v) is 4.98. The number of aliphatic hydroxyl groups excluding tert-OH is 1. The predicted molar refractivity (Wildman–Crippen MR) is 58.0 cm³/mol. The van der Waals surface area contributed by atoms with Crippen LogP contribution < -0.4 is 4.74 Å². The molecule has 0 aliphatic carbocycles. The molecule has 0 fully saturated rings. The third kappa shape index (κ3) is 1.99. The summed E-state index contributed by atoms with van der Waals surface area (Å²) in [5.41, 5.74) is 0.541. The number of halogens is 1. The van der Waals surface area contributed by atoms with Gasteiger partial charge in [-0.15, -0.1) is 0 Å². The van der Waals surface area contributed by atoms with E-state index >= 15 is 0 Å². The van der Waals surface area contributed by atoms with Gasteiger partial charge in [0.05, 0.1) is 19.5 Å². The topological polar surface area (TPSA) is 60.2 Å². The fraction of sp³-hybridized carbons (Fsp3) is 0.273. The molecule has 0 aliphatic heterocycles. The minimum atomic E-state index is -1.14. The average molecular weight is 237 g/mol. The van der Waals surface area contributed by atoms with Crippen LogP contribution in [0.5, 0.6) is 5.75 Å². The molecule has 0 saturated heterocycles. The van der Waals surface area contributed by atoms with Gasteiger partial charge in [0.2, 0.25) is 0 Å². The number of nitrogens with zero attached hydrogens (tertiary/aromatic N) is 3. The number of hydrogen-bond donors (Lipinski definition) is 1. The van der Waals surface area contributed by atoms with Crippen LogP contribution in [0.1, 0.15) is 17.4 Å². The van der Waals surface area contributed by atoms with E-state index in [1.165, 1.54) is 30.3 Å². The summed E-state index contributed by atoms with van der Waals surface area (Å²) in [4.78, 5) is 3.63. The maximum Gasteiger partial charge on any atom is 0.162 e. The van der Waals surface area contributed by atoms with E-state index in [4.69, 9.17) is 4.74 Å². The van der Waals surface area contributed by atoms with E-state index in [1.807, 2.05) is 0 Å². The van der Waals surface area contributed by atoms with Gasteiger partial charge in [0.1, 0.15) is 17.6 Å². The predicted octanol–water partition coefficient (Wildman–Crippen LogP) is 1.04. The second-order valence-corrected chi connectivity index (χ2v) is 3.52. The molecule has 0 bridgehead atoms. The Morgan fingerprint density at radius 2 is 2.24 bits per heavy atom. The van der Waals surface area contributed by atoms with Gasteiger partial charge in [-0.25, -0.2) is 4.39 Å². The molecule has 90 valence electrons. The highest BCUT2D eigenvalue weighted by Gasteiger charge is 2.22. The third-order valence-corrected chi connectivity index (χ3v) is 2.53. The van der Waals surface area contributed by atoms with Crippen molar-refractivity contribution < 1.29 is 14.2 Å². The standard InChI is InChI=1S/C11H12FN3O2/c1-15-10(9(17-2)6-14-15)11(16)7-3-4-13-5-8(7)12/h3-6,11,16H,1-2H3. The second kappa shape index (κ2) is 4.50. The number of rotatable bonds is 3. The normalized spacial score (nSPS) is 12.5. The lowest BCUT2D eigenvalue weighted by atomic mass is 10.1. The maximum absolute atomic E-state index is 13.5. The monoisotopic (exact) mass is 237 g/mol. The quantitative estimate of drug-likeness (QED) is 0.866. The van der Waals surface area contributed by atoms with Gasteiger partial charge in [0.15, 0.2) is 5.75 Å². The lowest BCUT2D eigenvalue weighted by Gasteiger charge is -2.13. The van der Waals surface area contributed by atoms with E-state index in [1.54, 1.807) is 7.05 Å². The van der Waals surface area contributed by atoms with Crippen molar-refractivity contribution in [2.45, 2.75) is 6.10 Å². The Morgan fingerprint density at radius 3 is 2.88 bits per heavy atom. The zero-order chi connectivity index (χ0) is 12.4. The first-order chi connectivity index (χ1) is 8.15. The molecular weight excluding hydrogens is 225 g/mol. The number of methoxy groups -OCH3 is 1. The third-order valence-electron chi connectivity index (χ3n) is 2.53. The Kier molecular flexibility index (Phi) is 3.06. The number of aliphatic hydroxyl groups is 1. The van der Waals surface area contributed by atoms with Crippen molar-refractivity contribution in [1.82, 2.24) is 14.8 Å². The zero-order valence-electron chi connectivity index (χ0n) is 9.46. The summed E-state index contributed by atoms with van der Waals surface area (Å²) < 4.78 is 20.0. The van der Waals surface area contributed by atoms with E-state index in [2.05, 4.69) is 10.1 Å². The van der Waals surface area contributed by atoms with Gasteiger partial charge < -0.3 is 9.84 Å². The fourth-order valence-corrected chi connectivity index (χ4v) is 1.65. The van der Waals surface area contributed by atoms with E-state index < -0.39 is 11.9 Å². The van der Waals surface area contributed by atoms with Crippen LogP contribution in [0.25, 0.3) is 0 Å². The van der Waals surface area contributed by atoms with Gasteiger partial charge in [-0.2, -0.15) is 5.10 Å². The number of aromatic nitrogens is 3. The molecule has 1 N–H and O–H groups in total. The van der Waals surface area contributed by atoms with Gasteiger partial charge >= 0.3 is 0 Å². The van der Waals surface area contributed by atoms with E-state index in [-0.39, 0.29) is 5.56 Å². The minimum absolute atomic E-state index is 0.141. The van der Waals surface area contributed by atoms with Crippen molar-refractivity contribution in [3.8, 4) is 5.75 Å². The van der Waals surface area contributed by atoms with Gasteiger partial charge in [-0.1, -0.05) is 0 Å². The van der Waals surface area contributed by atoms with Crippen molar-refractivity contribution in [2.75, 3.05) is 7.11 Å². The Bertz CT molecular complexity index is 527. The van der Waals surface area contributed by atoms with Crippen LogP contribution in [0.4, 0.5) is 4.39 Å². The van der Waals surface area contributed by atoms with E-state index in [0.29, 0.717) is 11.4 Å². The van der Waals surface area contributed by atoms with E-state index in [9.17, 15) is 9.50 Å². The summed E-state index contributed by atoms with van der Waals surface area (Å²) >= 11 is 0. The second-order valence-electron chi connectivity index (χ2n) is 3.52. The van der Waals surface area contributed by atoms with Crippen molar-refractivity contribution in [3.05, 3.63) is 41.7 Å². The minimum Gasteiger partial charge on any atom is -0.493 e. The molecule has 2 heterocycles. The molecule has 0 aromatic carbocycles. The summed E-state index contributed by atoms with van der Waals surface area (Å²) in [5, 5.41) is 14.1. The molecule has 1 unspecified atom stereocenters. The number of hydrogen-bond acceptors (Lipinski definition) is 4. The van der Waals surface area contributed by atoms with Crippen LogP contribution in [0.15, 0.2) is 24.7 Å². The van der Waals surface area contributed by atoms with Crippen LogP contribution in [0.2, 0.25) is 0 Å². The first-order valence-electron chi connectivity index (χ1n) is 4.98. The summed E-state index contributed by atoms with van der Waals surface area (Å²) in [6, 6.07) is 1.42. The largest absolute Gasteiger partial charge is 0.493 e. The Morgan fingerprint density at radius 1 is 1.47 bits per heavy atom. The lowest BCUT2D eigenvalue weighted by molar-refractivity contribution is 0.199. The molecule has 0 spiro atoms. The van der Waals surface area contributed by atoms with Gasteiger partial charge in [0, 0.05) is 18.8 Å². The zero-order valence-corrected chi connectivity index (χ0v) is 9.46. The van der Waals surface area contributed by atoms with Crippen molar-refractivity contribution >= 4 is 0 Å². The van der Waals surface area contributed by atoms with Crippen LogP contribution in [-0.2, 0) is 7.05 Å². The molecule has 0 aliphatic rings. The van der Waals surface area contributed by atoms with Gasteiger partial charge in [-0.3, -0.25) is 9.67 Å². The summed E-state index contributed by atoms with van der Waals surface area (Å²) in [5.74, 6) is -0.153. The molecule has 6 heteroatoms. The molecule has 0 amide bonds. The summed E-state index contributed by atoms with van der Waals surface area (Å²) in [6.45, 7) is 0. The highest BCUT2D eigenvalue weighted by Crippen LogP contribution is 2.30. The SMILES string of the molecule is COc1cnn(C)c1C(O)c1ccncc1F. The molecule has 2 aromatic rings. The summed E-state index contributed by atoms with van der Waals surface area (Å²) in [6.07, 6.45) is 2.81. The molecule has 0 saturated carbocycles. The van der Waals surface area contributed by atoms with Crippen molar-refractivity contribution in [1.29, 1.82) is 0 Å². The van der Waals surface area contributed by atoms with Crippen LogP contribution in [0.3, 0.4) is 0 Å². The molecule has 0 radical (unpaired) electrons. The number of pyridine rings is 1. The summed E-state index contributed by atoms with van der Waals surface area (Å²) in [7, 11) is 3.12. The van der Waals surface area contributed by atoms with Crippen LogP contribution >= 0.6 is 0 Å². The lowest BCUT2D eigenvalue weighted by Crippen LogP contribution is -2.09. The molecule has 1 atom stereocenters. The average Bonchev–Trinajstić information content (AvgIpc) is 2.70. The molecule has 2 aromatic heterocycles. The highest BCUT2D eigenvalue weighted by atomic mass is 19.1. The maximum atomic E-state index is 13.5. The smallest absolute Gasteiger partial charge is 0.162 e. The molecule has 17 heavy (non-hydrogen) atoms. The van der Waals surface area contributed by atoms with Gasteiger partial charge in [0.25, 0.3) is 0 Å². The Balaban J connectivity index is 2.47. The number of aryl methyl sites for hydroxylation is 1. The molecular formula is C11H12FN3O2. The Labute approximate surface area is 97.5 Å². The Hall–Kier alpha value is -1.95. The van der Waals surface area contributed by atoms with E-state index in [0.717, 1.165) is 6.20 Å². The highest BCUT2D eigenvalue weighted by molar-refractivity contribution is 5.34. The van der Waals surface area contributed by atoms with Crippen LogP contribution in [0, 0.1) is 5.82 Å². The first kappa shape index (κ1) is 11.5.